The summed E-state index contributed by atoms with van der Waals surface area (Å²) in [5.74, 6) is 0.560. The smallest absolute Gasteiger partial charge is 0.229 e. The van der Waals surface area contributed by atoms with E-state index in [1.54, 1.807) is 6.20 Å². The fraction of sp³-hybridized carbons (Fsp3) is 0.500. The maximum Gasteiger partial charge on any atom is 0.229 e. The summed E-state index contributed by atoms with van der Waals surface area (Å²) in [5.41, 5.74) is 1.67. The standard InChI is InChI=1S/C12H17N3O/c1-8-6-13-7-10(8)12(16)15-11-4-3-5-14-9(11)2/h3-5,8,10,13H,6-7H2,1-2H3,(H,15,16)/t8-,10-/m1/s1. The molecule has 0 bridgehead atoms. The predicted octanol–water partition coefficient (Wildman–Crippen LogP) is 1.18. The molecule has 1 aliphatic rings. The monoisotopic (exact) mass is 219 g/mol. The van der Waals surface area contributed by atoms with Crippen molar-refractivity contribution in [2.75, 3.05) is 18.4 Å². The van der Waals surface area contributed by atoms with E-state index in [4.69, 9.17) is 0 Å². The van der Waals surface area contributed by atoms with Crippen molar-refractivity contribution in [3.05, 3.63) is 24.0 Å². The molecule has 1 fully saturated rings. The van der Waals surface area contributed by atoms with Gasteiger partial charge in [-0.1, -0.05) is 6.92 Å². The number of amides is 1. The zero-order valence-electron chi connectivity index (χ0n) is 9.66. The second kappa shape index (κ2) is 4.61. The van der Waals surface area contributed by atoms with Crippen LogP contribution in [0.3, 0.4) is 0 Å². The fourth-order valence-electron chi connectivity index (χ4n) is 2.00. The Hall–Kier alpha value is -1.42. The summed E-state index contributed by atoms with van der Waals surface area (Å²) in [7, 11) is 0. The van der Waals surface area contributed by atoms with Crippen molar-refractivity contribution < 1.29 is 4.79 Å². The highest BCUT2D eigenvalue weighted by Crippen LogP contribution is 2.19. The molecule has 2 atom stereocenters. The van der Waals surface area contributed by atoms with Gasteiger partial charge in [0.1, 0.15) is 0 Å². The van der Waals surface area contributed by atoms with Crippen molar-refractivity contribution in [1.29, 1.82) is 0 Å². The van der Waals surface area contributed by atoms with E-state index in [0.717, 1.165) is 24.5 Å². The van der Waals surface area contributed by atoms with E-state index >= 15 is 0 Å². The van der Waals surface area contributed by atoms with Gasteiger partial charge in [-0.2, -0.15) is 0 Å². The topological polar surface area (TPSA) is 54.0 Å². The number of rotatable bonds is 2. The van der Waals surface area contributed by atoms with Gasteiger partial charge < -0.3 is 10.6 Å². The fourth-order valence-corrected chi connectivity index (χ4v) is 2.00. The molecule has 4 heteroatoms. The predicted molar refractivity (Wildman–Crippen MR) is 63.1 cm³/mol. The van der Waals surface area contributed by atoms with Crippen molar-refractivity contribution in [2.45, 2.75) is 13.8 Å². The van der Waals surface area contributed by atoms with Crippen LogP contribution >= 0.6 is 0 Å². The van der Waals surface area contributed by atoms with Crippen LogP contribution in [0.25, 0.3) is 0 Å². The Balaban J connectivity index is 2.05. The van der Waals surface area contributed by atoms with Gasteiger partial charge in [-0.05, 0) is 31.5 Å². The highest BCUT2D eigenvalue weighted by Gasteiger charge is 2.29. The number of nitrogens with one attached hydrogen (secondary N) is 2. The Kier molecular flexibility index (Phi) is 3.19. The molecule has 1 amide bonds. The largest absolute Gasteiger partial charge is 0.324 e. The molecule has 0 aliphatic carbocycles. The molecule has 1 aromatic rings. The van der Waals surface area contributed by atoms with Crippen molar-refractivity contribution >= 4 is 11.6 Å². The van der Waals surface area contributed by atoms with Crippen LogP contribution in [0.4, 0.5) is 5.69 Å². The first-order valence-electron chi connectivity index (χ1n) is 5.61. The molecule has 0 radical (unpaired) electrons. The lowest BCUT2D eigenvalue weighted by Crippen LogP contribution is -2.28. The minimum Gasteiger partial charge on any atom is -0.324 e. The number of hydrogen-bond acceptors (Lipinski definition) is 3. The zero-order chi connectivity index (χ0) is 11.5. The van der Waals surface area contributed by atoms with E-state index in [0.29, 0.717) is 5.92 Å². The Labute approximate surface area is 95.5 Å². The van der Waals surface area contributed by atoms with Crippen molar-refractivity contribution in [3.8, 4) is 0 Å². The Morgan fingerprint density at radius 1 is 1.56 bits per heavy atom. The first-order valence-corrected chi connectivity index (χ1v) is 5.61. The summed E-state index contributed by atoms with van der Waals surface area (Å²) in [5, 5.41) is 6.17. The molecular formula is C12H17N3O. The van der Waals surface area contributed by atoms with Crippen LogP contribution in [0, 0.1) is 18.8 Å². The van der Waals surface area contributed by atoms with Crippen LogP contribution in [0.5, 0.6) is 0 Å². The van der Waals surface area contributed by atoms with Crippen molar-refractivity contribution in [3.63, 3.8) is 0 Å². The highest BCUT2D eigenvalue weighted by atomic mass is 16.1. The maximum absolute atomic E-state index is 12.0. The number of anilines is 1. The number of aryl methyl sites for hydroxylation is 1. The van der Waals surface area contributed by atoms with Gasteiger partial charge in [0, 0.05) is 12.7 Å². The third kappa shape index (κ3) is 2.22. The van der Waals surface area contributed by atoms with Gasteiger partial charge in [-0.25, -0.2) is 0 Å². The number of carbonyl (C=O) groups is 1. The van der Waals surface area contributed by atoms with Gasteiger partial charge in [-0.15, -0.1) is 0 Å². The summed E-state index contributed by atoms with van der Waals surface area (Å²) >= 11 is 0. The van der Waals surface area contributed by atoms with Crippen LogP contribution in [0.15, 0.2) is 18.3 Å². The SMILES string of the molecule is Cc1ncccc1NC(=O)[C@@H]1CNC[C@H]1C. The molecule has 2 N–H and O–H groups in total. The van der Waals surface area contributed by atoms with Crippen LogP contribution in [-0.2, 0) is 4.79 Å². The van der Waals surface area contributed by atoms with Gasteiger partial charge >= 0.3 is 0 Å². The first kappa shape index (κ1) is 11.1. The van der Waals surface area contributed by atoms with Gasteiger partial charge in [0.05, 0.1) is 17.3 Å². The Morgan fingerprint density at radius 3 is 3.00 bits per heavy atom. The molecule has 1 aromatic heterocycles. The van der Waals surface area contributed by atoms with Crippen molar-refractivity contribution in [1.82, 2.24) is 10.3 Å². The quantitative estimate of drug-likeness (QED) is 0.785. The Morgan fingerprint density at radius 2 is 2.38 bits per heavy atom. The third-order valence-corrected chi connectivity index (χ3v) is 3.12. The molecule has 2 rings (SSSR count). The second-order valence-corrected chi connectivity index (χ2v) is 4.37. The summed E-state index contributed by atoms with van der Waals surface area (Å²) in [4.78, 5) is 16.1. The molecule has 4 nitrogen and oxygen atoms in total. The molecule has 16 heavy (non-hydrogen) atoms. The molecule has 0 aromatic carbocycles. The average Bonchev–Trinajstić information content (AvgIpc) is 2.68. The molecular weight excluding hydrogens is 202 g/mol. The summed E-state index contributed by atoms with van der Waals surface area (Å²) in [6.07, 6.45) is 1.73. The van der Waals surface area contributed by atoms with Gasteiger partial charge in [0.25, 0.3) is 0 Å². The van der Waals surface area contributed by atoms with Gasteiger partial charge in [-0.3, -0.25) is 9.78 Å². The highest BCUT2D eigenvalue weighted by molar-refractivity contribution is 5.93. The molecule has 1 saturated heterocycles. The van der Waals surface area contributed by atoms with Crippen molar-refractivity contribution in [2.24, 2.45) is 11.8 Å². The molecule has 0 saturated carbocycles. The molecule has 0 spiro atoms. The summed E-state index contributed by atoms with van der Waals surface area (Å²) in [6.45, 7) is 5.68. The maximum atomic E-state index is 12.0. The number of nitrogens with zero attached hydrogens (tertiary/aromatic N) is 1. The third-order valence-electron chi connectivity index (χ3n) is 3.12. The Bertz CT molecular complexity index is 392. The molecule has 0 unspecified atom stereocenters. The summed E-state index contributed by atoms with van der Waals surface area (Å²) in [6, 6.07) is 3.71. The van der Waals surface area contributed by atoms with E-state index in [1.807, 2.05) is 19.1 Å². The van der Waals surface area contributed by atoms with E-state index in [1.165, 1.54) is 0 Å². The van der Waals surface area contributed by atoms with Crippen LogP contribution in [0.2, 0.25) is 0 Å². The average molecular weight is 219 g/mol. The van der Waals surface area contributed by atoms with E-state index in [-0.39, 0.29) is 11.8 Å². The van der Waals surface area contributed by atoms with Crippen LogP contribution in [0.1, 0.15) is 12.6 Å². The van der Waals surface area contributed by atoms with Gasteiger partial charge in [0.2, 0.25) is 5.91 Å². The lowest BCUT2D eigenvalue weighted by Gasteiger charge is -2.14. The zero-order valence-corrected chi connectivity index (χ0v) is 9.66. The van der Waals surface area contributed by atoms with Gasteiger partial charge in [0.15, 0.2) is 0 Å². The molecule has 2 heterocycles. The molecule has 86 valence electrons. The lowest BCUT2D eigenvalue weighted by atomic mass is 9.97. The molecule has 1 aliphatic heterocycles. The number of aromatic nitrogens is 1. The van der Waals surface area contributed by atoms with Crippen LogP contribution in [-0.4, -0.2) is 24.0 Å². The minimum absolute atomic E-state index is 0.0691. The first-order chi connectivity index (χ1) is 7.68. The lowest BCUT2D eigenvalue weighted by molar-refractivity contribution is -0.120. The second-order valence-electron chi connectivity index (χ2n) is 4.37. The van der Waals surface area contributed by atoms with Crippen LogP contribution < -0.4 is 10.6 Å². The normalized spacial score (nSPS) is 24.4. The van der Waals surface area contributed by atoms with E-state index in [2.05, 4.69) is 22.5 Å². The van der Waals surface area contributed by atoms with E-state index in [9.17, 15) is 4.79 Å². The minimum atomic E-state index is 0.0691. The number of pyridine rings is 1. The number of hydrogen-bond donors (Lipinski definition) is 2. The summed E-state index contributed by atoms with van der Waals surface area (Å²) < 4.78 is 0. The number of carbonyl (C=O) groups excluding carboxylic acids is 1. The van der Waals surface area contributed by atoms with E-state index < -0.39 is 0 Å².